The highest BCUT2D eigenvalue weighted by molar-refractivity contribution is 8.00. The Bertz CT molecular complexity index is 626. The maximum Gasteiger partial charge on any atom is 0.414 e. The van der Waals surface area contributed by atoms with Crippen LogP contribution >= 0.6 is 11.8 Å². The average Bonchev–Trinajstić information content (AvgIpc) is 3.03. The van der Waals surface area contributed by atoms with Gasteiger partial charge in [-0.3, -0.25) is 10.2 Å². The van der Waals surface area contributed by atoms with E-state index in [1.165, 1.54) is 25.6 Å². The molecule has 0 aromatic carbocycles. The van der Waals surface area contributed by atoms with Gasteiger partial charge in [0.15, 0.2) is 16.6 Å². The van der Waals surface area contributed by atoms with Crippen molar-refractivity contribution in [1.29, 1.82) is 0 Å². The molecule has 1 fully saturated rings. The van der Waals surface area contributed by atoms with E-state index in [9.17, 15) is 22.8 Å². The fourth-order valence-electron chi connectivity index (χ4n) is 2.69. The molecule has 0 spiro atoms. The standard InChI is InChI=1S/C16H22F3N5O2S/c1-3-4-5-7-15(22-10(2)25)9-11(6-8-20-15)12(26)21-14-24-23-13(27-14)16(17,18)19/h6,8-9,13-14,23-24H,3-5,7H2,1-2H3,(H-,21,22,25,26). The summed E-state index contributed by atoms with van der Waals surface area (Å²) < 4.78 is 38.0. The van der Waals surface area contributed by atoms with E-state index < -0.39 is 28.6 Å². The third-order valence-electron chi connectivity index (χ3n) is 3.89. The number of thioether (sulfide) groups is 1. The van der Waals surface area contributed by atoms with Gasteiger partial charge in [0.25, 0.3) is 0 Å². The summed E-state index contributed by atoms with van der Waals surface area (Å²) in [6.45, 7) is 3.40. The van der Waals surface area contributed by atoms with E-state index in [0.717, 1.165) is 19.3 Å². The van der Waals surface area contributed by atoms with Gasteiger partial charge >= 0.3 is 6.18 Å². The lowest BCUT2D eigenvalue weighted by Crippen LogP contribution is -2.46. The Kier molecular flexibility index (Phi) is 7.18. The van der Waals surface area contributed by atoms with Gasteiger partial charge in [-0.15, -0.1) is 11.8 Å². The van der Waals surface area contributed by atoms with E-state index in [-0.39, 0.29) is 11.5 Å². The van der Waals surface area contributed by atoms with Crippen LogP contribution in [0, 0.1) is 6.42 Å². The van der Waals surface area contributed by atoms with Gasteiger partial charge in [-0.25, -0.2) is 15.2 Å². The average molecular weight is 405 g/mol. The van der Waals surface area contributed by atoms with E-state index in [2.05, 4.69) is 26.5 Å². The number of carbonyl (C=O) groups is 2. The van der Waals surface area contributed by atoms with Crippen LogP contribution in [0.1, 0.15) is 39.5 Å². The highest BCUT2D eigenvalue weighted by Gasteiger charge is 2.44. The van der Waals surface area contributed by atoms with E-state index in [1.54, 1.807) is 0 Å². The minimum Gasteiger partial charge on any atom is -0.563 e. The molecule has 0 aromatic rings. The third kappa shape index (κ3) is 6.15. The van der Waals surface area contributed by atoms with Gasteiger partial charge in [0.1, 0.15) is 0 Å². The number of dihydropyridines is 1. The number of halogens is 3. The van der Waals surface area contributed by atoms with Crippen LogP contribution in [0.2, 0.25) is 0 Å². The second kappa shape index (κ2) is 8.98. The van der Waals surface area contributed by atoms with Gasteiger partial charge in [0.05, 0.1) is 18.7 Å². The molecular weight excluding hydrogens is 383 g/mol. The molecule has 2 amide bonds. The van der Waals surface area contributed by atoms with Crippen molar-refractivity contribution in [3.05, 3.63) is 23.4 Å². The first-order chi connectivity index (χ1) is 12.6. The number of aliphatic imine (C=N–C) groups is 1. The first-order valence-corrected chi connectivity index (χ1v) is 9.48. The molecule has 27 heavy (non-hydrogen) atoms. The molecule has 3 atom stereocenters. The van der Waals surface area contributed by atoms with Crippen molar-refractivity contribution in [2.24, 2.45) is 4.99 Å². The lowest BCUT2D eigenvalue weighted by molar-refractivity contribution is -0.134. The van der Waals surface area contributed by atoms with Crippen molar-refractivity contribution >= 4 is 29.8 Å². The maximum absolute atomic E-state index is 12.7. The Labute approximate surface area is 160 Å². The molecule has 7 nitrogen and oxygen atoms in total. The smallest absolute Gasteiger partial charge is 0.414 e. The summed E-state index contributed by atoms with van der Waals surface area (Å²) in [5.74, 6) is -0.975. The zero-order valence-electron chi connectivity index (χ0n) is 15.0. The van der Waals surface area contributed by atoms with Gasteiger partial charge in [-0.2, -0.15) is 13.2 Å². The highest BCUT2D eigenvalue weighted by Crippen LogP contribution is 2.35. The zero-order valence-corrected chi connectivity index (χ0v) is 15.8. The number of unbranched alkanes of at least 4 members (excludes halogenated alkanes) is 2. The van der Waals surface area contributed by atoms with E-state index >= 15 is 0 Å². The van der Waals surface area contributed by atoms with Crippen molar-refractivity contribution in [2.75, 3.05) is 0 Å². The van der Waals surface area contributed by atoms with Crippen molar-refractivity contribution in [3.63, 3.8) is 0 Å². The van der Waals surface area contributed by atoms with E-state index in [4.69, 9.17) is 0 Å². The molecule has 2 heterocycles. The van der Waals surface area contributed by atoms with Crippen LogP contribution in [-0.2, 0) is 9.59 Å². The number of hydrogen-bond donors (Lipinski definition) is 3. The summed E-state index contributed by atoms with van der Waals surface area (Å²) in [7, 11) is 0. The molecule has 0 aromatic heterocycles. The number of rotatable bonds is 7. The number of hydrazine groups is 1. The Morgan fingerprint density at radius 3 is 2.74 bits per heavy atom. The second-order valence-electron chi connectivity index (χ2n) is 6.24. The first-order valence-electron chi connectivity index (χ1n) is 8.54. The Balaban J connectivity index is 2.05. The molecule has 2 aliphatic rings. The van der Waals surface area contributed by atoms with Crippen LogP contribution in [0.25, 0.3) is 5.32 Å². The Morgan fingerprint density at radius 2 is 2.15 bits per heavy atom. The van der Waals surface area contributed by atoms with Crippen LogP contribution in [0.5, 0.6) is 0 Å². The summed E-state index contributed by atoms with van der Waals surface area (Å²) in [4.78, 5) is 28.3. The van der Waals surface area contributed by atoms with Crippen LogP contribution < -0.4 is 16.2 Å². The van der Waals surface area contributed by atoms with Crippen molar-refractivity contribution in [3.8, 4) is 0 Å². The molecule has 1 saturated heterocycles. The van der Waals surface area contributed by atoms with Crippen LogP contribution in [0.15, 0.2) is 16.6 Å². The number of amides is 2. The number of nitrogens with zero attached hydrogens (tertiary/aromatic N) is 2. The minimum absolute atomic E-state index is 0.174. The van der Waals surface area contributed by atoms with Crippen LogP contribution in [0.4, 0.5) is 13.2 Å². The van der Waals surface area contributed by atoms with E-state index in [0.29, 0.717) is 18.2 Å². The van der Waals surface area contributed by atoms with Gasteiger partial charge in [-0.05, 0) is 6.42 Å². The van der Waals surface area contributed by atoms with Crippen molar-refractivity contribution in [2.45, 2.75) is 62.2 Å². The molecule has 11 heteroatoms. The minimum atomic E-state index is -4.45. The normalized spacial score (nSPS) is 27.7. The highest BCUT2D eigenvalue weighted by atomic mass is 32.2. The van der Waals surface area contributed by atoms with E-state index in [1.807, 2.05) is 6.92 Å². The summed E-state index contributed by atoms with van der Waals surface area (Å²) in [5.41, 5.74) is 2.47. The van der Waals surface area contributed by atoms with Crippen molar-refractivity contribution < 1.29 is 22.8 Å². The molecule has 0 saturated carbocycles. The molecule has 0 radical (unpaired) electrons. The molecular formula is C16H22F3N5O2S. The molecule has 150 valence electrons. The summed E-state index contributed by atoms with van der Waals surface area (Å²) >= 11 is 0.458. The zero-order chi connectivity index (χ0) is 20.1. The fourth-order valence-corrected chi connectivity index (χ4v) is 3.53. The topological polar surface area (TPSA) is 96.7 Å². The Morgan fingerprint density at radius 1 is 1.41 bits per heavy atom. The molecule has 2 rings (SSSR count). The summed E-state index contributed by atoms with van der Waals surface area (Å²) in [6, 6.07) is 0. The third-order valence-corrected chi connectivity index (χ3v) is 5.03. The maximum atomic E-state index is 12.7. The van der Waals surface area contributed by atoms with Gasteiger partial charge < -0.3 is 10.6 Å². The SMILES string of the molecule is CCCCCC1(NC(C)=O)C=C(C(=O)[N-]C2NNC(C(F)(F)F)S2)[CH+]C=N1. The largest absolute Gasteiger partial charge is 0.563 e. The molecule has 0 aliphatic carbocycles. The fraction of sp³-hybridized carbons (Fsp3) is 0.625. The van der Waals surface area contributed by atoms with Gasteiger partial charge in [0, 0.05) is 18.8 Å². The number of alkyl halides is 3. The molecule has 3 unspecified atom stereocenters. The molecule has 2 aliphatic heterocycles. The lowest BCUT2D eigenvalue weighted by atomic mass is 9.95. The van der Waals surface area contributed by atoms with Gasteiger partial charge in [0.2, 0.25) is 11.8 Å². The van der Waals surface area contributed by atoms with Crippen molar-refractivity contribution in [1.82, 2.24) is 16.2 Å². The summed E-state index contributed by atoms with van der Waals surface area (Å²) in [5, 5.41) is 4.70. The van der Waals surface area contributed by atoms with Crippen LogP contribution in [-0.4, -0.2) is 40.7 Å². The predicted octanol–water partition coefficient (Wildman–Crippen LogP) is 2.53. The molecule has 0 bridgehead atoms. The first kappa shape index (κ1) is 21.6. The Hall–Kier alpha value is -1.72. The quantitative estimate of drug-likeness (QED) is 0.447. The predicted molar refractivity (Wildman–Crippen MR) is 97.4 cm³/mol. The second-order valence-corrected chi connectivity index (χ2v) is 7.43. The molecule has 3 N–H and O–H groups in total. The number of carbonyl (C=O) groups excluding carboxylic acids is 2. The number of hydrogen-bond acceptors (Lipinski definition) is 6. The lowest BCUT2D eigenvalue weighted by Gasteiger charge is -2.28. The number of nitrogens with one attached hydrogen (secondary N) is 3. The summed E-state index contributed by atoms with van der Waals surface area (Å²) in [6.07, 6.45) is 3.13. The van der Waals surface area contributed by atoms with Gasteiger partial charge in [-0.1, -0.05) is 19.8 Å². The monoisotopic (exact) mass is 405 g/mol. The van der Waals surface area contributed by atoms with Crippen LogP contribution in [0.3, 0.4) is 0 Å².